The highest BCUT2D eigenvalue weighted by Gasteiger charge is 2.85. The highest BCUT2D eigenvalue weighted by atomic mass is 16.8. The lowest BCUT2D eigenvalue weighted by Gasteiger charge is -2.55. The smallest absolute Gasteiger partial charge is 0.339 e. The Bertz CT molecular complexity index is 918. The SMILES string of the molecule is CC1(C)O[C@@H]2CC3C4CCC5=CC(=O)C=CC5(C)[C@@]45O[C@@H]5CC3(C)[C@]2(C(=O)O)O1. The second kappa shape index (κ2) is 4.87. The van der Waals surface area contributed by atoms with Gasteiger partial charge in [-0.25, -0.2) is 4.79 Å². The van der Waals surface area contributed by atoms with Gasteiger partial charge in [0.05, 0.1) is 6.10 Å². The second-order valence-electron chi connectivity index (χ2n) is 10.8. The monoisotopic (exact) mass is 400 g/mol. The van der Waals surface area contributed by atoms with Gasteiger partial charge in [-0.3, -0.25) is 4.79 Å². The minimum absolute atomic E-state index is 0.0254. The standard InChI is InChI=1S/C23H28O6/c1-19(2)27-16-10-15-14-6-5-12-9-13(24)7-8-20(12,3)22(14)17(28-22)11-21(15,4)23(16,29-19)18(25)26/h7-9,14-17H,5-6,10-11H2,1-4H3,(H,25,26)/t14?,15?,16-,17-,20?,21?,22-,23+/m1/s1. The number of epoxide rings is 1. The van der Waals surface area contributed by atoms with E-state index in [1.165, 1.54) is 0 Å². The van der Waals surface area contributed by atoms with Crippen LogP contribution in [-0.2, 0) is 23.8 Å². The molecular formula is C23H28O6. The molecule has 2 saturated heterocycles. The Morgan fingerprint density at radius 3 is 2.62 bits per heavy atom. The predicted molar refractivity (Wildman–Crippen MR) is 102 cm³/mol. The summed E-state index contributed by atoms with van der Waals surface area (Å²) in [6.45, 7) is 7.88. The maximum absolute atomic E-state index is 12.7. The van der Waals surface area contributed by atoms with Crippen molar-refractivity contribution in [1.82, 2.24) is 0 Å². The van der Waals surface area contributed by atoms with E-state index in [0.717, 1.165) is 18.4 Å². The third-order valence-electron chi connectivity index (χ3n) is 9.24. The van der Waals surface area contributed by atoms with Crippen LogP contribution < -0.4 is 0 Å². The summed E-state index contributed by atoms with van der Waals surface area (Å²) in [6.07, 6.45) is 8.09. The number of allylic oxidation sites excluding steroid dienone is 2. The summed E-state index contributed by atoms with van der Waals surface area (Å²) >= 11 is 0. The third kappa shape index (κ3) is 1.78. The average Bonchev–Trinajstić information content (AvgIpc) is 3.19. The predicted octanol–water partition coefficient (Wildman–Crippen LogP) is 3.01. The van der Waals surface area contributed by atoms with Gasteiger partial charge in [0.1, 0.15) is 11.7 Å². The largest absolute Gasteiger partial charge is 0.479 e. The summed E-state index contributed by atoms with van der Waals surface area (Å²) in [5.41, 5.74) is -1.38. The molecule has 0 aromatic carbocycles. The first-order chi connectivity index (χ1) is 13.5. The maximum atomic E-state index is 12.7. The number of carboxylic acids is 1. The van der Waals surface area contributed by atoms with Gasteiger partial charge in [-0.05, 0) is 70.4 Å². The van der Waals surface area contributed by atoms with Gasteiger partial charge < -0.3 is 19.3 Å². The molecule has 1 N–H and O–H groups in total. The van der Waals surface area contributed by atoms with Crippen LogP contribution in [0.2, 0.25) is 0 Å². The molecule has 0 aromatic rings. The number of ketones is 1. The molecule has 6 aliphatic rings. The Kier molecular flexibility index (Phi) is 3.07. The van der Waals surface area contributed by atoms with E-state index in [4.69, 9.17) is 14.2 Å². The molecule has 4 aliphatic carbocycles. The van der Waals surface area contributed by atoms with E-state index in [-0.39, 0.29) is 34.7 Å². The van der Waals surface area contributed by atoms with Crippen LogP contribution in [0.25, 0.3) is 0 Å². The first kappa shape index (κ1) is 18.3. The summed E-state index contributed by atoms with van der Waals surface area (Å²) in [5, 5.41) is 10.4. The van der Waals surface area contributed by atoms with Gasteiger partial charge in [-0.2, -0.15) is 0 Å². The van der Waals surface area contributed by atoms with Crippen LogP contribution in [0.1, 0.15) is 53.4 Å². The maximum Gasteiger partial charge on any atom is 0.339 e. The average molecular weight is 400 g/mol. The molecule has 4 unspecified atom stereocenters. The highest BCUT2D eigenvalue weighted by molar-refractivity contribution is 6.01. The normalized spacial score (nSPS) is 55.9. The van der Waals surface area contributed by atoms with Crippen LogP contribution in [0.15, 0.2) is 23.8 Å². The first-order valence-corrected chi connectivity index (χ1v) is 10.7. The van der Waals surface area contributed by atoms with Gasteiger partial charge in [0, 0.05) is 10.8 Å². The summed E-state index contributed by atoms with van der Waals surface area (Å²) in [7, 11) is 0. The molecule has 1 spiro atoms. The van der Waals surface area contributed by atoms with Gasteiger partial charge in [-0.1, -0.05) is 18.6 Å². The number of fused-ring (bicyclic) bond motifs is 5. The Balaban J connectivity index is 1.46. The van der Waals surface area contributed by atoms with Gasteiger partial charge in [0.15, 0.2) is 17.2 Å². The molecule has 5 fully saturated rings. The van der Waals surface area contributed by atoms with Crippen LogP contribution in [-0.4, -0.2) is 46.1 Å². The van der Waals surface area contributed by atoms with Gasteiger partial charge in [-0.15, -0.1) is 0 Å². The molecular weight excluding hydrogens is 372 g/mol. The molecule has 6 rings (SSSR count). The van der Waals surface area contributed by atoms with Crippen LogP contribution in [0.3, 0.4) is 0 Å². The van der Waals surface area contributed by atoms with Crippen LogP contribution in [0, 0.1) is 22.7 Å². The topological polar surface area (TPSA) is 85.4 Å². The van der Waals surface area contributed by atoms with Crippen molar-refractivity contribution in [2.24, 2.45) is 22.7 Å². The third-order valence-corrected chi connectivity index (χ3v) is 9.24. The molecule has 8 atom stereocenters. The number of hydrogen-bond donors (Lipinski definition) is 1. The molecule has 0 amide bonds. The fraction of sp³-hybridized carbons (Fsp3) is 0.739. The quantitative estimate of drug-likeness (QED) is 0.681. The summed E-state index contributed by atoms with van der Waals surface area (Å²) in [6, 6.07) is 0. The van der Waals surface area contributed by atoms with Gasteiger partial charge in [0.25, 0.3) is 0 Å². The molecule has 0 aromatic heterocycles. The van der Waals surface area contributed by atoms with Crippen molar-refractivity contribution in [3.63, 3.8) is 0 Å². The Labute approximate surface area is 170 Å². The molecule has 3 saturated carbocycles. The van der Waals surface area contributed by atoms with E-state index in [1.54, 1.807) is 26.0 Å². The molecule has 29 heavy (non-hydrogen) atoms. The van der Waals surface area contributed by atoms with E-state index in [9.17, 15) is 14.7 Å². The minimum Gasteiger partial charge on any atom is -0.479 e. The number of hydrogen-bond acceptors (Lipinski definition) is 5. The summed E-state index contributed by atoms with van der Waals surface area (Å²) < 4.78 is 18.9. The van der Waals surface area contributed by atoms with Crippen LogP contribution in [0.5, 0.6) is 0 Å². The fourth-order valence-electron chi connectivity index (χ4n) is 8.12. The van der Waals surface area contributed by atoms with E-state index < -0.39 is 28.9 Å². The van der Waals surface area contributed by atoms with Crippen molar-refractivity contribution in [3.05, 3.63) is 23.8 Å². The Morgan fingerprint density at radius 2 is 1.90 bits per heavy atom. The number of aliphatic carboxylic acids is 1. The van der Waals surface area contributed by atoms with Crippen LogP contribution >= 0.6 is 0 Å². The zero-order valence-electron chi connectivity index (χ0n) is 17.4. The Morgan fingerprint density at radius 1 is 1.14 bits per heavy atom. The minimum atomic E-state index is -1.34. The molecule has 2 heterocycles. The van der Waals surface area contributed by atoms with Crippen molar-refractivity contribution in [2.45, 2.75) is 82.6 Å². The number of carbonyl (C=O) groups is 2. The van der Waals surface area contributed by atoms with Crippen molar-refractivity contribution in [2.75, 3.05) is 0 Å². The molecule has 2 aliphatic heterocycles. The first-order valence-electron chi connectivity index (χ1n) is 10.7. The number of rotatable bonds is 1. The molecule has 0 radical (unpaired) electrons. The zero-order chi connectivity index (χ0) is 20.6. The van der Waals surface area contributed by atoms with Crippen molar-refractivity contribution in [3.8, 4) is 0 Å². The fourth-order valence-corrected chi connectivity index (χ4v) is 8.12. The second-order valence-corrected chi connectivity index (χ2v) is 10.8. The van der Waals surface area contributed by atoms with E-state index in [0.29, 0.717) is 12.8 Å². The summed E-state index contributed by atoms with van der Waals surface area (Å²) in [4.78, 5) is 24.6. The highest BCUT2D eigenvalue weighted by Crippen LogP contribution is 2.77. The molecule has 6 heteroatoms. The van der Waals surface area contributed by atoms with Gasteiger partial charge in [0.2, 0.25) is 0 Å². The molecule has 156 valence electrons. The molecule has 6 nitrogen and oxygen atoms in total. The lowest BCUT2D eigenvalue weighted by atomic mass is 9.47. The number of carboxylic acid groups (broad SMARTS) is 1. The number of carbonyl (C=O) groups excluding carboxylic acids is 1. The van der Waals surface area contributed by atoms with Crippen molar-refractivity contribution >= 4 is 11.8 Å². The molecule has 0 bridgehead atoms. The lowest BCUT2D eigenvalue weighted by molar-refractivity contribution is -0.220. The van der Waals surface area contributed by atoms with E-state index >= 15 is 0 Å². The van der Waals surface area contributed by atoms with E-state index in [2.05, 4.69) is 13.8 Å². The summed E-state index contributed by atoms with van der Waals surface area (Å²) in [5.74, 6) is -1.41. The Hall–Kier alpha value is -1.50. The lowest BCUT2D eigenvalue weighted by Crippen LogP contribution is -2.63. The van der Waals surface area contributed by atoms with Crippen molar-refractivity contribution < 1.29 is 28.9 Å². The van der Waals surface area contributed by atoms with Gasteiger partial charge >= 0.3 is 5.97 Å². The van der Waals surface area contributed by atoms with Crippen molar-refractivity contribution in [1.29, 1.82) is 0 Å². The zero-order valence-corrected chi connectivity index (χ0v) is 17.4. The van der Waals surface area contributed by atoms with E-state index in [1.807, 2.05) is 6.08 Å². The number of ether oxygens (including phenoxy) is 3. The van der Waals surface area contributed by atoms with Crippen LogP contribution in [0.4, 0.5) is 0 Å².